The lowest BCUT2D eigenvalue weighted by Crippen LogP contribution is -2.41. The van der Waals surface area contributed by atoms with Crippen LogP contribution in [0.3, 0.4) is 0 Å². The molecule has 0 aliphatic carbocycles. The second kappa shape index (κ2) is 7.46. The van der Waals surface area contributed by atoms with Gasteiger partial charge in [0.25, 0.3) is 5.91 Å². The molecule has 1 atom stereocenters. The number of nitrogens with zero attached hydrogens (tertiary/aromatic N) is 1. The number of likely N-dealkylation sites (tertiary alicyclic amines) is 1. The van der Waals surface area contributed by atoms with Crippen LogP contribution in [0.1, 0.15) is 37.0 Å². The van der Waals surface area contributed by atoms with E-state index in [-0.39, 0.29) is 12.0 Å². The van der Waals surface area contributed by atoms with Crippen molar-refractivity contribution in [3.05, 3.63) is 29.8 Å². The van der Waals surface area contributed by atoms with Gasteiger partial charge in [-0.15, -0.1) is 0 Å². The Morgan fingerprint density at radius 2 is 2.05 bits per heavy atom. The Bertz CT molecular complexity index is 454. The molecule has 0 aromatic heterocycles. The number of hydrogen-bond donors (Lipinski definition) is 0. The van der Waals surface area contributed by atoms with E-state index in [9.17, 15) is 4.79 Å². The average Bonchev–Trinajstić information content (AvgIpc) is 2.47. The number of benzene rings is 1. The van der Waals surface area contributed by atoms with Gasteiger partial charge in [0.1, 0.15) is 5.75 Å². The second-order valence-corrected chi connectivity index (χ2v) is 5.91. The summed E-state index contributed by atoms with van der Waals surface area (Å²) >= 11 is 0. The molecule has 1 fully saturated rings. The summed E-state index contributed by atoms with van der Waals surface area (Å²) in [5.41, 5.74) is 0.726. The first kappa shape index (κ1) is 15.8. The molecule has 1 unspecified atom stereocenters. The normalized spacial score (nSPS) is 18.9. The lowest BCUT2D eigenvalue weighted by atomic mass is 9.98. The van der Waals surface area contributed by atoms with Gasteiger partial charge in [0.2, 0.25) is 0 Å². The molecule has 1 heterocycles. The van der Waals surface area contributed by atoms with Crippen LogP contribution in [-0.4, -0.2) is 43.7 Å². The van der Waals surface area contributed by atoms with Gasteiger partial charge >= 0.3 is 0 Å². The van der Waals surface area contributed by atoms with Crippen molar-refractivity contribution < 1.29 is 14.3 Å². The quantitative estimate of drug-likeness (QED) is 0.837. The van der Waals surface area contributed by atoms with Gasteiger partial charge < -0.3 is 14.4 Å². The molecule has 2 rings (SSSR count). The number of rotatable bonds is 5. The van der Waals surface area contributed by atoms with E-state index in [1.807, 2.05) is 43.0 Å². The van der Waals surface area contributed by atoms with Crippen LogP contribution in [0.2, 0.25) is 0 Å². The maximum Gasteiger partial charge on any atom is 0.253 e. The van der Waals surface area contributed by atoms with Crippen LogP contribution < -0.4 is 4.74 Å². The second-order valence-electron chi connectivity index (χ2n) is 5.91. The molecule has 4 heteroatoms. The first-order valence-electron chi connectivity index (χ1n) is 7.65. The van der Waals surface area contributed by atoms with Crippen LogP contribution >= 0.6 is 0 Å². The number of methoxy groups -OCH3 is 1. The topological polar surface area (TPSA) is 38.8 Å². The summed E-state index contributed by atoms with van der Waals surface area (Å²) in [5, 5.41) is 0. The highest BCUT2D eigenvalue weighted by atomic mass is 16.5. The van der Waals surface area contributed by atoms with Gasteiger partial charge in [-0.1, -0.05) is 0 Å². The molecule has 0 spiro atoms. The zero-order chi connectivity index (χ0) is 15.2. The number of hydrogen-bond acceptors (Lipinski definition) is 3. The van der Waals surface area contributed by atoms with Crippen LogP contribution in [0.25, 0.3) is 0 Å². The molecule has 1 amide bonds. The average molecular weight is 291 g/mol. The predicted octanol–water partition coefficient (Wildman–Crippen LogP) is 2.97. The van der Waals surface area contributed by atoms with Crippen molar-refractivity contribution in [2.45, 2.75) is 32.8 Å². The fourth-order valence-corrected chi connectivity index (χ4v) is 2.75. The summed E-state index contributed by atoms with van der Waals surface area (Å²) in [7, 11) is 1.72. The first-order chi connectivity index (χ1) is 10.1. The molecule has 1 aromatic carbocycles. The van der Waals surface area contributed by atoms with Crippen molar-refractivity contribution in [2.24, 2.45) is 5.92 Å². The van der Waals surface area contributed by atoms with Crippen LogP contribution in [-0.2, 0) is 4.74 Å². The van der Waals surface area contributed by atoms with Crippen LogP contribution in [0.15, 0.2) is 24.3 Å². The highest BCUT2D eigenvalue weighted by Crippen LogP contribution is 2.20. The molecule has 116 valence electrons. The Morgan fingerprint density at radius 1 is 1.33 bits per heavy atom. The minimum Gasteiger partial charge on any atom is -0.491 e. The summed E-state index contributed by atoms with van der Waals surface area (Å²) in [6.07, 6.45) is 2.33. The predicted molar refractivity (Wildman–Crippen MR) is 82.7 cm³/mol. The smallest absolute Gasteiger partial charge is 0.253 e. The highest BCUT2D eigenvalue weighted by molar-refractivity contribution is 5.94. The van der Waals surface area contributed by atoms with E-state index in [1.165, 1.54) is 0 Å². The van der Waals surface area contributed by atoms with Crippen LogP contribution in [0.4, 0.5) is 0 Å². The molecule has 0 N–H and O–H groups in total. The Hall–Kier alpha value is -1.55. The number of ether oxygens (including phenoxy) is 2. The number of piperidine rings is 1. The van der Waals surface area contributed by atoms with E-state index in [2.05, 4.69) is 0 Å². The number of amides is 1. The van der Waals surface area contributed by atoms with Gasteiger partial charge in [-0.2, -0.15) is 0 Å². The summed E-state index contributed by atoms with van der Waals surface area (Å²) < 4.78 is 10.8. The molecular weight excluding hydrogens is 266 g/mol. The third-order valence-electron chi connectivity index (χ3n) is 3.68. The fourth-order valence-electron chi connectivity index (χ4n) is 2.75. The van der Waals surface area contributed by atoms with Gasteiger partial charge in [-0.25, -0.2) is 0 Å². The van der Waals surface area contributed by atoms with E-state index in [0.717, 1.165) is 43.9 Å². The third-order valence-corrected chi connectivity index (χ3v) is 3.68. The molecule has 1 aromatic rings. The van der Waals surface area contributed by atoms with E-state index in [1.54, 1.807) is 7.11 Å². The zero-order valence-corrected chi connectivity index (χ0v) is 13.2. The monoisotopic (exact) mass is 291 g/mol. The molecule has 1 aliphatic heterocycles. The summed E-state index contributed by atoms with van der Waals surface area (Å²) in [5.74, 6) is 1.36. The van der Waals surface area contributed by atoms with E-state index in [0.29, 0.717) is 5.92 Å². The van der Waals surface area contributed by atoms with Crippen molar-refractivity contribution in [1.29, 1.82) is 0 Å². The standard InChI is InChI=1S/C17H25NO3/c1-13(2)21-16-8-6-15(7-9-16)17(19)18-10-4-5-14(11-18)12-20-3/h6-9,13-14H,4-5,10-12H2,1-3H3. The Kier molecular flexibility index (Phi) is 5.62. The van der Waals surface area contributed by atoms with Crippen LogP contribution in [0, 0.1) is 5.92 Å². The van der Waals surface area contributed by atoms with E-state index < -0.39 is 0 Å². The minimum absolute atomic E-state index is 0.104. The van der Waals surface area contributed by atoms with Gasteiger partial charge in [0, 0.05) is 25.8 Å². The van der Waals surface area contributed by atoms with Gasteiger partial charge in [-0.05, 0) is 56.9 Å². The SMILES string of the molecule is COCC1CCCN(C(=O)c2ccc(OC(C)C)cc2)C1. The maximum atomic E-state index is 12.5. The summed E-state index contributed by atoms with van der Waals surface area (Å²) in [6.45, 7) is 6.33. The molecule has 0 radical (unpaired) electrons. The molecular formula is C17H25NO3. The summed E-state index contributed by atoms with van der Waals surface area (Å²) in [4.78, 5) is 14.5. The largest absolute Gasteiger partial charge is 0.491 e. The van der Waals surface area contributed by atoms with Gasteiger partial charge in [0.15, 0.2) is 0 Å². The van der Waals surface area contributed by atoms with Crippen molar-refractivity contribution in [2.75, 3.05) is 26.8 Å². The maximum absolute atomic E-state index is 12.5. The van der Waals surface area contributed by atoms with Gasteiger partial charge in [-0.3, -0.25) is 4.79 Å². The number of carbonyl (C=O) groups is 1. The van der Waals surface area contributed by atoms with Gasteiger partial charge in [0.05, 0.1) is 12.7 Å². The molecule has 1 aliphatic rings. The Balaban J connectivity index is 1.98. The lowest BCUT2D eigenvalue weighted by molar-refractivity contribution is 0.0571. The molecule has 0 bridgehead atoms. The fraction of sp³-hybridized carbons (Fsp3) is 0.588. The van der Waals surface area contributed by atoms with E-state index in [4.69, 9.17) is 9.47 Å². The zero-order valence-electron chi connectivity index (χ0n) is 13.2. The first-order valence-corrected chi connectivity index (χ1v) is 7.65. The Morgan fingerprint density at radius 3 is 2.67 bits per heavy atom. The third kappa shape index (κ3) is 4.46. The van der Waals surface area contributed by atoms with E-state index >= 15 is 0 Å². The van der Waals surface area contributed by atoms with Crippen molar-refractivity contribution >= 4 is 5.91 Å². The molecule has 1 saturated heterocycles. The van der Waals surface area contributed by atoms with Crippen LogP contribution in [0.5, 0.6) is 5.75 Å². The molecule has 4 nitrogen and oxygen atoms in total. The van der Waals surface area contributed by atoms with Crippen molar-refractivity contribution in [3.8, 4) is 5.75 Å². The molecule has 0 saturated carbocycles. The lowest BCUT2D eigenvalue weighted by Gasteiger charge is -2.32. The minimum atomic E-state index is 0.104. The highest BCUT2D eigenvalue weighted by Gasteiger charge is 2.24. The molecule has 21 heavy (non-hydrogen) atoms. The Labute approximate surface area is 127 Å². The number of carbonyl (C=O) groups excluding carboxylic acids is 1. The van der Waals surface area contributed by atoms with Crippen molar-refractivity contribution in [3.63, 3.8) is 0 Å². The summed E-state index contributed by atoms with van der Waals surface area (Å²) in [6, 6.07) is 7.42. The van der Waals surface area contributed by atoms with Crippen molar-refractivity contribution in [1.82, 2.24) is 4.90 Å².